The molecule has 3 nitrogen and oxygen atoms in total. The fraction of sp³-hybridized carbons (Fsp3) is 0.214. The molecular formula is C14H12Br2N2O. The second kappa shape index (κ2) is 5.23. The molecule has 5 heteroatoms. The molecule has 19 heavy (non-hydrogen) atoms. The predicted molar refractivity (Wildman–Crippen MR) is 81.0 cm³/mol. The Morgan fingerprint density at radius 3 is 2.79 bits per heavy atom. The average Bonchev–Trinajstić information content (AvgIpc) is 2.38. The van der Waals surface area contributed by atoms with E-state index >= 15 is 0 Å². The minimum absolute atomic E-state index is 0.0131. The summed E-state index contributed by atoms with van der Waals surface area (Å²) in [4.78, 5) is 4.18. The fourth-order valence-electron chi connectivity index (χ4n) is 2.28. The normalized spacial score (nSPS) is 21.6. The molecule has 1 aromatic carbocycles. The number of fused-ring (bicyclic) bond motifs is 1. The molecule has 2 aromatic rings. The largest absolute Gasteiger partial charge is 0.485 e. The van der Waals surface area contributed by atoms with E-state index in [9.17, 15) is 0 Å². The molecule has 98 valence electrons. The van der Waals surface area contributed by atoms with E-state index in [2.05, 4.69) is 36.8 Å². The van der Waals surface area contributed by atoms with Crippen LogP contribution < -0.4 is 10.5 Å². The lowest BCUT2D eigenvalue weighted by molar-refractivity contribution is 0.161. The van der Waals surface area contributed by atoms with Crippen LogP contribution in [-0.4, -0.2) is 4.98 Å². The molecule has 0 saturated heterocycles. The molecule has 0 bridgehead atoms. The topological polar surface area (TPSA) is 48.1 Å². The van der Waals surface area contributed by atoms with Crippen molar-refractivity contribution in [3.05, 3.63) is 56.7 Å². The zero-order valence-electron chi connectivity index (χ0n) is 10.0. The molecule has 0 fully saturated rings. The number of nitrogens with two attached hydrogens (primary N) is 1. The van der Waals surface area contributed by atoms with Crippen molar-refractivity contribution >= 4 is 31.9 Å². The van der Waals surface area contributed by atoms with Crippen molar-refractivity contribution in [1.29, 1.82) is 0 Å². The maximum atomic E-state index is 6.23. The second-order valence-corrected chi connectivity index (χ2v) is 6.40. The minimum atomic E-state index is -0.0539. The van der Waals surface area contributed by atoms with Gasteiger partial charge in [0.2, 0.25) is 0 Å². The summed E-state index contributed by atoms with van der Waals surface area (Å²) in [6.45, 7) is 0. The SMILES string of the molecule is NC1CC(c2cncc(Br)c2)Oc2cc(Br)ccc21. The molecule has 3 rings (SSSR count). The highest BCUT2D eigenvalue weighted by atomic mass is 79.9. The Morgan fingerprint density at radius 1 is 1.16 bits per heavy atom. The standard InChI is InChI=1S/C14H12Br2N2O/c15-9-1-2-11-12(17)5-13(19-14(11)4-9)8-3-10(16)7-18-6-8/h1-4,6-7,12-13H,5,17H2. The molecular weight excluding hydrogens is 372 g/mol. The average molecular weight is 384 g/mol. The third-order valence-electron chi connectivity index (χ3n) is 3.21. The first-order valence-electron chi connectivity index (χ1n) is 5.95. The number of benzene rings is 1. The number of nitrogens with zero attached hydrogens (tertiary/aromatic N) is 1. The number of rotatable bonds is 1. The lowest BCUT2D eigenvalue weighted by Crippen LogP contribution is -2.24. The summed E-state index contributed by atoms with van der Waals surface area (Å²) in [5.74, 6) is 0.845. The first-order chi connectivity index (χ1) is 9.13. The Labute approximate surface area is 128 Å². The molecule has 1 aliphatic rings. The van der Waals surface area contributed by atoms with Crippen molar-refractivity contribution in [3.63, 3.8) is 0 Å². The predicted octanol–water partition coefficient (Wildman–Crippen LogP) is 4.13. The third-order valence-corrected chi connectivity index (χ3v) is 4.14. The van der Waals surface area contributed by atoms with Gasteiger partial charge in [-0.3, -0.25) is 4.98 Å². The maximum absolute atomic E-state index is 6.23. The van der Waals surface area contributed by atoms with Gasteiger partial charge in [-0.15, -0.1) is 0 Å². The first kappa shape index (κ1) is 13.1. The van der Waals surface area contributed by atoms with Gasteiger partial charge in [0.05, 0.1) is 0 Å². The molecule has 0 spiro atoms. The van der Waals surface area contributed by atoms with Gasteiger partial charge in [-0.2, -0.15) is 0 Å². The van der Waals surface area contributed by atoms with Gasteiger partial charge in [0.1, 0.15) is 11.9 Å². The van der Waals surface area contributed by atoms with Gasteiger partial charge < -0.3 is 10.5 Å². The molecule has 2 unspecified atom stereocenters. The van der Waals surface area contributed by atoms with Gasteiger partial charge in [0.15, 0.2) is 0 Å². The zero-order chi connectivity index (χ0) is 13.4. The summed E-state index contributed by atoms with van der Waals surface area (Å²) in [6.07, 6.45) is 4.29. The minimum Gasteiger partial charge on any atom is -0.485 e. The van der Waals surface area contributed by atoms with Crippen LogP contribution in [0, 0.1) is 0 Å². The molecule has 2 heterocycles. The van der Waals surface area contributed by atoms with Crippen LogP contribution in [0.4, 0.5) is 0 Å². The van der Waals surface area contributed by atoms with Crippen molar-refractivity contribution in [2.45, 2.75) is 18.6 Å². The van der Waals surface area contributed by atoms with E-state index in [0.717, 1.165) is 32.2 Å². The Morgan fingerprint density at radius 2 is 2.00 bits per heavy atom. The molecule has 0 saturated carbocycles. The van der Waals surface area contributed by atoms with Gasteiger partial charge in [0, 0.05) is 44.9 Å². The fourth-order valence-corrected chi connectivity index (χ4v) is 3.01. The number of halogens is 2. The van der Waals surface area contributed by atoms with Gasteiger partial charge in [-0.25, -0.2) is 0 Å². The monoisotopic (exact) mass is 382 g/mol. The van der Waals surface area contributed by atoms with E-state index in [-0.39, 0.29) is 12.1 Å². The summed E-state index contributed by atoms with van der Waals surface area (Å²) in [6, 6.07) is 7.98. The van der Waals surface area contributed by atoms with Crippen LogP contribution in [0.25, 0.3) is 0 Å². The van der Waals surface area contributed by atoms with Crippen molar-refractivity contribution in [2.24, 2.45) is 5.73 Å². The Hall–Kier alpha value is -0.910. The van der Waals surface area contributed by atoms with Crippen LogP contribution in [0.15, 0.2) is 45.6 Å². The summed E-state index contributed by atoms with van der Waals surface area (Å²) in [7, 11) is 0. The molecule has 2 N–H and O–H groups in total. The number of aromatic nitrogens is 1. The van der Waals surface area contributed by atoms with Crippen LogP contribution in [0.1, 0.15) is 29.7 Å². The van der Waals surface area contributed by atoms with E-state index in [4.69, 9.17) is 10.5 Å². The summed E-state index contributed by atoms with van der Waals surface area (Å²) < 4.78 is 7.99. The molecule has 1 aromatic heterocycles. The van der Waals surface area contributed by atoms with Crippen LogP contribution >= 0.6 is 31.9 Å². The summed E-state index contributed by atoms with van der Waals surface area (Å²) in [5.41, 5.74) is 8.33. The van der Waals surface area contributed by atoms with E-state index in [0.29, 0.717) is 0 Å². The number of ether oxygens (including phenoxy) is 1. The smallest absolute Gasteiger partial charge is 0.127 e. The maximum Gasteiger partial charge on any atom is 0.127 e. The number of hydrogen-bond donors (Lipinski definition) is 1. The molecule has 1 aliphatic heterocycles. The van der Waals surface area contributed by atoms with Crippen molar-refractivity contribution in [1.82, 2.24) is 4.98 Å². The number of hydrogen-bond acceptors (Lipinski definition) is 3. The Kier molecular flexibility index (Phi) is 3.60. The molecule has 0 amide bonds. The first-order valence-corrected chi connectivity index (χ1v) is 7.54. The quantitative estimate of drug-likeness (QED) is 0.805. The van der Waals surface area contributed by atoms with Crippen molar-refractivity contribution in [3.8, 4) is 5.75 Å². The molecule has 2 atom stereocenters. The highest BCUT2D eigenvalue weighted by Crippen LogP contribution is 2.40. The van der Waals surface area contributed by atoms with Gasteiger partial charge in [0.25, 0.3) is 0 Å². The lowest BCUT2D eigenvalue weighted by atomic mass is 9.94. The van der Waals surface area contributed by atoms with Crippen LogP contribution in [-0.2, 0) is 0 Å². The van der Waals surface area contributed by atoms with Crippen LogP contribution in [0.2, 0.25) is 0 Å². The highest BCUT2D eigenvalue weighted by Gasteiger charge is 2.27. The summed E-state index contributed by atoms with van der Waals surface area (Å²) >= 11 is 6.89. The second-order valence-electron chi connectivity index (χ2n) is 4.57. The number of pyridine rings is 1. The van der Waals surface area contributed by atoms with Crippen molar-refractivity contribution in [2.75, 3.05) is 0 Å². The Balaban J connectivity index is 1.96. The van der Waals surface area contributed by atoms with E-state index < -0.39 is 0 Å². The van der Waals surface area contributed by atoms with E-state index in [1.807, 2.05) is 30.5 Å². The van der Waals surface area contributed by atoms with Gasteiger partial charge >= 0.3 is 0 Å². The third kappa shape index (κ3) is 2.68. The lowest BCUT2D eigenvalue weighted by Gasteiger charge is -2.30. The van der Waals surface area contributed by atoms with Gasteiger partial charge in [-0.05, 0) is 34.1 Å². The Bertz CT molecular complexity index is 618. The van der Waals surface area contributed by atoms with Crippen molar-refractivity contribution < 1.29 is 4.74 Å². The molecule has 0 radical (unpaired) electrons. The van der Waals surface area contributed by atoms with Crippen LogP contribution in [0.5, 0.6) is 5.75 Å². The summed E-state index contributed by atoms with van der Waals surface area (Å²) in [5, 5.41) is 0. The van der Waals surface area contributed by atoms with Gasteiger partial charge in [-0.1, -0.05) is 22.0 Å². The van der Waals surface area contributed by atoms with Crippen LogP contribution in [0.3, 0.4) is 0 Å². The molecule has 0 aliphatic carbocycles. The highest BCUT2D eigenvalue weighted by molar-refractivity contribution is 9.10. The van der Waals surface area contributed by atoms with E-state index in [1.165, 1.54) is 0 Å². The van der Waals surface area contributed by atoms with E-state index in [1.54, 1.807) is 6.20 Å². The zero-order valence-corrected chi connectivity index (χ0v) is 13.2.